The van der Waals surface area contributed by atoms with Crippen LogP contribution in [0.4, 0.5) is 0 Å². The number of hydrogen-bond acceptors (Lipinski definition) is 5. The van der Waals surface area contributed by atoms with E-state index in [1.54, 1.807) is 23.0 Å². The predicted molar refractivity (Wildman–Crippen MR) is 107 cm³/mol. The molecule has 1 atom stereocenters. The van der Waals surface area contributed by atoms with Crippen LogP contribution in [0.1, 0.15) is 49.7 Å². The number of likely N-dealkylation sites (N-methyl/N-ethyl adjacent to an activating group) is 1. The molecule has 0 radical (unpaired) electrons. The molecule has 1 aromatic carbocycles. The minimum atomic E-state index is -0.462. The third kappa shape index (κ3) is 4.16. The van der Waals surface area contributed by atoms with Crippen LogP contribution in [0.15, 0.2) is 30.6 Å². The maximum atomic E-state index is 13.5. The minimum Gasteiger partial charge on any atom is -0.357 e. The van der Waals surface area contributed by atoms with Crippen molar-refractivity contribution >= 4 is 11.8 Å². The number of carbonyl (C=O) groups excluding carboxylic acids is 2. The molecule has 1 unspecified atom stereocenters. The Hall–Kier alpha value is -2.77. The van der Waals surface area contributed by atoms with Crippen molar-refractivity contribution in [3.05, 3.63) is 41.7 Å². The smallest absolute Gasteiger partial charge is 0.242 e. The summed E-state index contributed by atoms with van der Waals surface area (Å²) < 4.78 is 1.74. The van der Waals surface area contributed by atoms with Gasteiger partial charge in [0.05, 0.1) is 6.54 Å². The van der Waals surface area contributed by atoms with Crippen molar-refractivity contribution in [2.75, 3.05) is 7.05 Å². The van der Waals surface area contributed by atoms with Crippen LogP contribution < -0.4 is 5.32 Å². The number of hydrogen-bond donors (Lipinski definition) is 1. The SMILES string of the molecule is CNC(=O)C1Cc2ccccc2CN1C(=O)CC1(Cn2cnnn2)CCCCC1. The van der Waals surface area contributed by atoms with E-state index in [9.17, 15) is 9.59 Å². The van der Waals surface area contributed by atoms with Gasteiger partial charge in [-0.2, -0.15) is 0 Å². The second kappa shape index (κ2) is 8.31. The molecule has 0 bridgehead atoms. The fourth-order valence-electron chi connectivity index (χ4n) is 4.90. The van der Waals surface area contributed by atoms with E-state index in [0.717, 1.165) is 36.8 Å². The van der Waals surface area contributed by atoms with Gasteiger partial charge in [-0.05, 0) is 39.8 Å². The van der Waals surface area contributed by atoms with Gasteiger partial charge >= 0.3 is 0 Å². The summed E-state index contributed by atoms with van der Waals surface area (Å²) in [5.74, 6) is -0.0610. The standard InChI is InChI=1S/C21H28N6O2/c1-22-20(29)18-11-16-7-3-4-8-17(16)13-27(18)19(28)12-21(9-5-2-6-10-21)14-26-15-23-24-25-26/h3-4,7-8,15,18H,2,5-6,9-14H2,1H3,(H,22,29). The highest BCUT2D eigenvalue weighted by Gasteiger charge is 2.40. The molecule has 154 valence electrons. The van der Waals surface area contributed by atoms with E-state index < -0.39 is 6.04 Å². The first-order valence-electron chi connectivity index (χ1n) is 10.4. The molecule has 2 heterocycles. The zero-order valence-electron chi connectivity index (χ0n) is 16.9. The molecule has 1 saturated carbocycles. The average molecular weight is 396 g/mol. The van der Waals surface area contributed by atoms with E-state index in [4.69, 9.17) is 0 Å². The molecule has 1 N–H and O–H groups in total. The third-order valence-corrected chi connectivity index (χ3v) is 6.45. The van der Waals surface area contributed by atoms with Crippen molar-refractivity contribution < 1.29 is 9.59 Å². The molecule has 29 heavy (non-hydrogen) atoms. The molecule has 1 aromatic heterocycles. The van der Waals surface area contributed by atoms with Crippen LogP contribution in [-0.2, 0) is 29.1 Å². The van der Waals surface area contributed by atoms with Crippen LogP contribution in [0.3, 0.4) is 0 Å². The lowest BCUT2D eigenvalue weighted by molar-refractivity contribution is -0.144. The van der Waals surface area contributed by atoms with Gasteiger partial charge in [-0.3, -0.25) is 9.59 Å². The Kier molecular flexibility index (Phi) is 5.60. The fourth-order valence-corrected chi connectivity index (χ4v) is 4.90. The highest BCUT2D eigenvalue weighted by molar-refractivity contribution is 5.88. The number of tetrazole rings is 1. The number of fused-ring (bicyclic) bond motifs is 1. The number of amides is 2. The van der Waals surface area contributed by atoms with E-state index in [-0.39, 0.29) is 17.2 Å². The molecule has 2 amide bonds. The van der Waals surface area contributed by atoms with Gasteiger partial charge in [0.25, 0.3) is 0 Å². The van der Waals surface area contributed by atoms with Crippen molar-refractivity contribution in [2.45, 2.75) is 64.1 Å². The zero-order chi connectivity index (χ0) is 20.3. The van der Waals surface area contributed by atoms with Crippen LogP contribution >= 0.6 is 0 Å². The van der Waals surface area contributed by atoms with Gasteiger partial charge in [-0.1, -0.05) is 43.5 Å². The van der Waals surface area contributed by atoms with Crippen LogP contribution in [0.5, 0.6) is 0 Å². The van der Waals surface area contributed by atoms with E-state index >= 15 is 0 Å². The van der Waals surface area contributed by atoms with Gasteiger partial charge in [0.1, 0.15) is 12.4 Å². The van der Waals surface area contributed by atoms with Crippen LogP contribution in [0.2, 0.25) is 0 Å². The number of nitrogens with zero attached hydrogens (tertiary/aromatic N) is 5. The Bertz CT molecular complexity index is 860. The van der Waals surface area contributed by atoms with Crippen LogP contribution in [0, 0.1) is 5.41 Å². The number of aromatic nitrogens is 4. The Labute approximate surface area is 170 Å². The summed E-state index contributed by atoms with van der Waals surface area (Å²) in [6, 6.07) is 7.61. The lowest BCUT2D eigenvalue weighted by atomic mass is 9.71. The van der Waals surface area contributed by atoms with Gasteiger partial charge in [-0.15, -0.1) is 5.10 Å². The molecule has 4 rings (SSSR count). The van der Waals surface area contributed by atoms with Crippen molar-refractivity contribution in [3.8, 4) is 0 Å². The van der Waals surface area contributed by atoms with Crippen molar-refractivity contribution in [1.82, 2.24) is 30.4 Å². The summed E-state index contributed by atoms with van der Waals surface area (Å²) >= 11 is 0. The highest BCUT2D eigenvalue weighted by atomic mass is 16.2. The first kappa shape index (κ1) is 19.5. The molecule has 1 aliphatic heterocycles. The summed E-state index contributed by atoms with van der Waals surface area (Å²) in [4.78, 5) is 27.9. The molecule has 2 aromatic rings. The largest absolute Gasteiger partial charge is 0.357 e. The molecule has 2 aliphatic rings. The van der Waals surface area contributed by atoms with E-state index in [1.165, 1.54) is 6.42 Å². The molecule has 1 fully saturated rings. The monoisotopic (exact) mass is 396 g/mol. The summed E-state index contributed by atoms with van der Waals surface area (Å²) in [6.07, 6.45) is 7.97. The summed E-state index contributed by atoms with van der Waals surface area (Å²) in [7, 11) is 1.63. The van der Waals surface area contributed by atoms with E-state index in [2.05, 4.69) is 20.8 Å². The first-order valence-corrected chi connectivity index (χ1v) is 10.4. The van der Waals surface area contributed by atoms with E-state index in [1.807, 2.05) is 24.3 Å². The average Bonchev–Trinajstić information content (AvgIpc) is 3.25. The molecule has 0 saturated heterocycles. The van der Waals surface area contributed by atoms with Crippen molar-refractivity contribution in [2.24, 2.45) is 5.41 Å². The van der Waals surface area contributed by atoms with Gasteiger partial charge in [0.15, 0.2) is 0 Å². The molecule has 1 aliphatic carbocycles. The highest BCUT2D eigenvalue weighted by Crippen LogP contribution is 2.41. The minimum absolute atomic E-state index is 0.0445. The second-order valence-corrected chi connectivity index (χ2v) is 8.37. The molecular formula is C21H28N6O2. The number of benzene rings is 1. The maximum Gasteiger partial charge on any atom is 0.242 e. The molecule has 0 spiro atoms. The number of carbonyl (C=O) groups is 2. The first-order chi connectivity index (χ1) is 14.1. The topological polar surface area (TPSA) is 93.0 Å². The number of rotatable bonds is 5. The molecule has 8 heteroatoms. The molecule has 8 nitrogen and oxygen atoms in total. The normalized spacial score (nSPS) is 20.7. The summed E-state index contributed by atoms with van der Waals surface area (Å²) in [5.41, 5.74) is 2.11. The summed E-state index contributed by atoms with van der Waals surface area (Å²) in [5, 5.41) is 14.3. The lowest BCUT2D eigenvalue weighted by Crippen LogP contribution is -2.53. The maximum absolute atomic E-state index is 13.5. The van der Waals surface area contributed by atoms with Crippen molar-refractivity contribution in [1.29, 1.82) is 0 Å². The van der Waals surface area contributed by atoms with Gasteiger partial charge in [0, 0.05) is 26.4 Å². The van der Waals surface area contributed by atoms with Crippen LogP contribution in [-0.4, -0.2) is 50.0 Å². The summed E-state index contributed by atoms with van der Waals surface area (Å²) in [6.45, 7) is 1.12. The zero-order valence-corrected chi connectivity index (χ0v) is 16.9. The third-order valence-electron chi connectivity index (χ3n) is 6.45. The van der Waals surface area contributed by atoms with Crippen LogP contribution in [0.25, 0.3) is 0 Å². The number of nitrogens with one attached hydrogen (secondary N) is 1. The molecular weight excluding hydrogens is 368 g/mol. The Balaban J connectivity index is 1.57. The second-order valence-electron chi connectivity index (χ2n) is 8.37. The Morgan fingerprint density at radius 1 is 1.17 bits per heavy atom. The fraction of sp³-hybridized carbons (Fsp3) is 0.571. The quantitative estimate of drug-likeness (QED) is 0.831. The van der Waals surface area contributed by atoms with Gasteiger partial charge < -0.3 is 10.2 Å². The van der Waals surface area contributed by atoms with Crippen molar-refractivity contribution in [3.63, 3.8) is 0 Å². The van der Waals surface area contributed by atoms with Gasteiger partial charge in [-0.25, -0.2) is 4.68 Å². The lowest BCUT2D eigenvalue weighted by Gasteiger charge is -2.41. The van der Waals surface area contributed by atoms with E-state index in [0.29, 0.717) is 25.9 Å². The predicted octanol–water partition coefficient (Wildman–Crippen LogP) is 1.71. The Morgan fingerprint density at radius 3 is 2.62 bits per heavy atom. The Morgan fingerprint density at radius 2 is 1.93 bits per heavy atom. The van der Waals surface area contributed by atoms with Gasteiger partial charge in [0.2, 0.25) is 11.8 Å².